The third kappa shape index (κ3) is 4.05. The molecule has 7 heteroatoms. The van der Waals surface area contributed by atoms with Crippen molar-refractivity contribution in [3.63, 3.8) is 0 Å². The molecule has 0 aromatic heterocycles. The standard InChI is InChI=1S/C14H25N4O2Si/c1-4-18(14(11-15)6-8-17-9-7-14)12(19)5-10-21(2,3)13(16)20/h5,17H,4,6-10H2,1-3H3,(H2,16,20). The smallest absolute Gasteiger partial charge is 0.227 e. The lowest BCUT2D eigenvalue weighted by Gasteiger charge is -2.41. The molecule has 2 amide bonds. The Bertz CT molecular complexity index is 439. The molecule has 0 bridgehead atoms. The molecule has 1 fully saturated rings. The highest BCUT2D eigenvalue weighted by Gasteiger charge is 2.41. The number of piperidine rings is 1. The quantitative estimate of drug-likeness (QED) is 0.716. The number of nitrogens with one attached hydrogen (secondary N) is 1. The average molecular weight is 309 g/mol. The van der Waals surface area contributed by atoms with Gasteiger partial charge in [-0.25, -0.2) is 0 Å². The SMILES string of the molecule is CCN(C(=O)[CH]C[Si](C)(C)C(N)=O)C1(C#N)CCNCC1. The van der Waals surface area contributed by atoms with Gasteiger partial charge < -0.3 is 16.0 Å². The Morgan fingerprint density at radius 1 is 1.43 bits per heavy atom. The van der Waals surface area contributed by atoms with Crippen LogP contribution in [0.2, 0.25) is 19.1 Å². The molecule has 1 aliphatic heterocycles. The second-order valence-electron chi connectivity index (χ2n) is 6.13. The Hall–Kier alpha value is -1.39. The van der Waals surface area contributed by atoms with Crippen molar-refractivity contribution >= 4 is 19.5 Å². The summed E-state index contributed by atoms with van der Waals surface area (Å²) in [5.74, 6) is -0.164. The summed E-state index contributed by atoms with van der Waals surface area (Å²) in [4.78, 5) is 25.5. The predicted octanol–water partition coefficient (Wildman–Crippen LogP) is 1.05. The molecule has 0 aromatic rings. The molecule has 1 radical (unpaired) electrons. The summed E-state index contributed by atoms with van der Waals surface area (Å²) in [6.45, 7) is 7.53. The molecule has 3 N–H and O–H groups in total. The predicted molar refractivity (Wildman–Crippen MR) is 84.0 cm³/mol. The van der Waals surface area contributed by atoms with Crippen LogP contribution < -0.4 is 11.1 Å². The molecular formula is C14H25N4O2Si. The van der Waals surface area contributed by atoms with Crippen LogP contribution in [0.1, 0.15) is 19.8 Å². The van der Waals surface area contributed by atoms with E-state index in [0.29, 0.717) is 25.4 Å². The summed E-state index contributed by atoms with van der Waals surface area (Å²) in [6.07, 6.45) is 2.81. The maximum atomic E-state index is 12.5. The van der Waals surface area contributed by atoms with E-state index in [2.05, 4.69) is 11.4 Å². The normalized spacial score (nSPS) is 17.8. The molecule has 117 valence electrons. The maximum Gasteiger partial charge on any atom is 0.227 e. The minimum atomic E-state index is -2.25. The van der Waals surface area contributed by atoms with Gasteiger partial charge in [0.2, 0.25) is 5.91 Å². The van der Waals surface area contributed by atoms with Gasteiger partial charge in [-0.3, -0.25) is 9.59 Å². The summed E-state index contributed by atoms with van der Waals surface area (Å²) < 4.78 is 0. The van der Waals surface area contributed by atoms with E-state index in [1.54, 1.807) is 11.3 Å². The van der Waals surface area contributed by atoms with Crippen molar-refractivity contribution in [1.82, 2.24) is 10.2 Å². The molecule has 0 aromatic carbocycles. The fourth-order valence-electron chi connectivity index (χ4n) is 2.51. The van der Waals surface area contributed by atoms with Crippen molar-refractivity contribution in [2.75, 3.05) is 19.6 Å². The van der Waals surface area contributed by atoms with Gasteiger partial charge in [0.15, 0.2) is 13.6 Å². The zero-order valence-electron chi connectivity index (χ0n) is 13.1. The van der Waals surface area contributed by atoms with E-state index < -0.39 is 13.6 Å². The molecule has 1 rings (SSSR count). The molecule has 0 aliphatic carbocycles. The minimum absolute atomic E-state index is 0.164. The number of hydrogen-bond acceptors (Lipinski definition) is 4. The third-order valence-electron chi connectivity index (χ3n) is 4.19. The number of nitrogens with zero attached hydrogens (tertiary/aromatic N) is 2. The lowest BCUT2D eigenvalue weighted by Crippen LogP contribution is -2.56. The maximum absolute atomic E-state index is 12.5. The van der Waals surface area contributed by atoms with E-state index >= 15 is 0 Å². The summed E-state index contributed by atoms with van der Waals surface area (Å²) in [7, 11) is -2.25. The molecular weight excluding hydrogens is 284 g/mol. The number of amides is 2. The van der Waals surface area contributed by atoms with Crippen LogP contribution in [0, 0.1) is 17.8 Å². The number of nitriles is 1. The Labute approximate surface area is 127 Å². The van der Waals surface area contributed by atoms with Crippen molar-refractivity contribution < 1.29 is 9.59 Å². The van der Waals surface area contributed by atoms with Crippen LogP contribution in [0.3, 0.4) is 0 Å². The van der Waals surface area contributed by atoms with Crippen molar-refractivity contribution in [2.45, 2.75) is 44.4 Å². The van der Waals surface area contributed by atoms with E-state index in [1.165, 1.54) is 0 Å². The lowest BCUT2D eigenvalue weighted by atomic mass is 9.87. The second-order valence-corrected chi connectivity index (χ2v) is 10.8. The highest BCUT2D eigenvalue weighted by atomic mass is 28.3. The van der Waals surface area contributed by atoms with Crippen LogP contribution in [0.4, 0.5) is 4.79 Å². The average Bonchev–Trinajstić information content (AvgIpc) is 2.46. The Morgan fingerprint density at radius 2 is 2.00 bits per heavy atom. The minimum Gasteiger partial charge on any atom is -0.374 e. The van der Waals surface area contributed by atoms with Crippen LogP contribution in [-0.2, 0) is 4.79 Å². The molecule has 0 atom stereocenters. The molecule has 1 saturated heterocycles. The van der Waals surface area contributed by atoms with Gasteiger partial charge in [-0.05, 0) is 38.9 Å². The van der Waals surface area contributed by atoms with Gasteiger partial charge in [-0.1, -0.05) is 13.1 Å². The monoisotopic (exact) mass is 309 g/mol. The van der Waals surface area contributed by atoms with Crippen molar-refractivity contribution in [3.05, 3.63) is 6.42 Å². The first-order chi connectivity index (χ1) is 9.79. The Kier molecular flexibility index (Phi) is 5.93. The first-order valence-corrected chi connectivity index (χ1v) is 10.6. The van der Waals surface area contributed by atoms with Gasteiger partial charge >= 0.3 is 0 Å². The van der Waals surface area contributed by atoms with Crippen LogP contribution in [-0.4, -0.2) is 49.6 Å². The van der Waals surface area contributed by atoms with Gasteiger partial charge in [0.25, 0.3) is 0 Å². The van der Waals surface area contributed by atoms with E-state index in [9.17, 15) is 14.9 Å². The molecule has 1 aliphatic rings. The van der Waals surface area contributed by atoms with E-state index in [4.69, 9.17) is 5.73 Å². The molecule has 21 heavy (non-hydrogen) atoms. The van der Waals surface area contributed by atoms with Gasteiger partial charge in [-0.15, -0.1) is 0 Å². The molecule has 1 heterocycles. The van der Waals surface area contributed by atoms with Crippen molar-refractivity contribution in [3.8, 4) is 6.07 Å². The summed E-state index contributed by atoms with van der Waals surface area (Å²) >= 11 is 0. The summed E-state index contributed by atoms with van der Waals surface area (Å²) in [5.41, 5.74) is 4.35. The highest BCUT2D eigenvalue weighted by Crippen LogP contribution is 2.27. The number of hydrogen-bond donors (Lipinski definition) is 2. The lowest BCUT2D eigenvalue weighted by molar-refractivity contribution is -0.132. The Morgan fingerprint density at radius 3 is 2.43 bits per heavy atom. The van der Waals surface area contributed by atoms with Gasteiger partial charge in [0, 0.05) is 13.0 Å². The van der Waals surface area contributed by atoms with E-state index in [-0.39, 0.29) is 11.4 Å². The van der Waals surface area contributed by atoms with E-state index in [0.717, 1.165) is 13.1 Å². The van der Waals surface area contributed by atoms with Gasteiger partial charge in [-0.2, -0.15) is 5.26 Å². The number of carbonyl (C=O) groups is 2. The summed E-state index contributed by atoms with van der Waals surface area (Å²) in [5, 5.41) is 12.8. The van der Waals surface area contributed by atoms with Crippen molar-refractivity contribution in [1.29, 1.82) is 5.26 Å². The Balaban J connectivity index is 2.77. The largest absolute Gasteiger partial charge is 0.374 e. The molecule has 0 unspecified atom stereocenters. The third-order valence-corrected chi connectivity index (χ3v) is 6.75. The van der Waals surface area contributed by atoms with Gasteiger partial charge in [0.05, 0.1) is 6.07 Å². The second kappa shape index (κ2) is 7.05. The van der Waals surface area contributed by atoms with Crippen molar-refractivity contribution in [2.24, 2.45) is 5.73 Å². The first-order valence-electron chi connectivity index (χ1n) is 7.36. The van der Waals surface area contributed by atoms with Crippen LogP contribution in [0.5, 0.6) is 0 Å². The molecule has 6 nitrogen and oxygen atoms in total. The highest BCUT2D eigenvalue weighted by molar-refractivity contribution is 7.04. The van der Waals surface area contributed by atoms with Gasteiger partial charge in [0.1, 0.15) is 5.54 Å². The summed E-state index contributed by atoms with van der Waals surface area (Å²) in [6, 6.07) is 2.75. The number of carbonyl (C=O) groups excluding carboxylic acids is 2. The zero-order chi connectivity index (χ0) is 16.1. The number of primary amides is 1. The molecule has 0 saturated carbocycles. The van der Waals surface area contributed by atoms with E-state index in [1.807, 2.05) is 20.0 Å². The fourth-order valence-corrected chi connectivity index (χ4v) is 3.39. The van der Waals surface area contributed by atoms with Crippen LogP contribution in [0.25, 0.3) is 0 Å². The number of rotatable bonds is 6. The zero-order valence-corrected chi connectivity index (χ0v) is 14.1. The molecule has 0 spiro atoms. The fraction of sp³-hybridized carbons (Fsp3) is 0.714. The number of nitrogens with two attached hydrogens (primary N) is 1. The first kappa shape index (κ1) is 17.7. The van der Waals surface area contributed by atoms with Crippen LogP contribution in [0.15, 0.2) is 0 Å². The van der Waals surface area contributed by atoms with Crippen LogP contribution >= 0.6 is 0 Å². The topological polar surface area (TPSA) is 99.2 Å².